The van der Waals surface area contributed by atoms with Gasteiger partial charge in [0.25, 0.3) is 5.56 Å². The van der Waals surface area contributed by atoms with Gasteiger partial charge in [-0.15, -0.1) is 5.10 Å². The van der Waals surface area contributed by atoms with E-state index in [2.05, 4.69) is 10.3 Å². The highest BCUT2D eigenvalue weighted by molar-refractivity contribution is 5.76. The van der Waals surface area contributed by atoms with Crippen molar-refractivity contribution in [1.82, 2.24) is 15.0 Å². The maximum absolute atomic E-state index is 12.4. The molecule has 0 aliphatic rings. The monoisotopic (exact) mass is 335 g/mol. The Kier molecular flexibility index (Phi) is 4.20. The third-order valence-corrected chi connectivity index (χ3v) is 3.26. The molecule has 0 fully saturated rings. The third-order valence-electron chi connectivity index (χ3n) is 3.26. The van der Waals surface area contributed by atoms with Crippen LogP contribution in [-0.4, -0.2) is 27.8 Å². The van der Waals surface area contributed by atoms with Crippen LogP contribution >= 0.6 is 0 Å². The van der Waals surface area contributed by atoms with E-state index >= 15 is 0 Å². The van der Waals surface area contributed by atoms with Gasteiger partial charge >= 0.3 is 6.18 Å². The van der Waals surface area contributed by atoms with Crippen LogP contribution in [0.2, 0.25) is 0 Å². The van der Waals surface area contributed by atoms with Crippen molar-refractivity contribution in [1.29, 1.82) is 0 Å². The van der Waals surface area contributed by atoms with E-state index in [0.717, 1.165) is 4.68 Å². The summed E-state index contributed by atoms with van der Waals surface area (Å²) < 4.78 is 42.5. The molecule has 0 unspecified atom stereocenters. The largest absolute Gasteiger partial charge is 0.484 e. The van der Waals surface area contributed by atoms with Gasteiger partial charge in [0.1, 0.15) is 11.3 Å². The van der Waals surface area contributed by atoms with E-state index < -0.39 is 12.8 Å². The lowest BCUT2D eigenvalue weighted by Crippen LogP contribution is -2.24. The average Bonchev–Trinajstić information content (AvgIpc) is 2.56. The van der Waals surface area contributed by atoms with Gasteiger partial charge in [-0.3, -0.25) is 4.79 Å². The van der Waals surface area contributed by atoms with E-state index in [1.807, 2.05) is 0 Å². The molecule has 8 heteroatoms. The number of ether oxygens (including phenoxy) is 1. The second-order valence-corrected chi connectivity index (χ2v) is 5.12. The van der Waals surface area contributed by atoms with Crippen molar-refractivity contribution in [3.63, 3.8) is 0 Å². The van der Waals surface area contributed by atoms with Crippen molar-refractivity contribution in [2.24, 2.45) is 0 Å². The first-order valence-electron chi connectivity index (χ1n) is 7.03. The molecule has 1 heterocycles. The predicted octanol–water partition coefficient (Wildman–Crippen LogP) is 2.78. The lowest BCUT2D eigenvalue weighted by Gasteiger charge is -2.10. The summed E-state index contributed by atoms with van der Waals surface area (Å²) in [5.74, 6) is 0.0756. The zero-order chi connectivity index (χ0) is 17.2. The molecule has 24 heavy (non-hydrogen) atoms. The summed E-state index contributed by atoms with van der Waals surface area (Å²) in [6.07, 6.45) is -4.41. The highest BCUT2D eigenvalue weighted by Crippen LogP contribution is 2.19. The molecule has 2 aromatic carbocycles. The number of rotatable bonds is 4. The van der Waals surface area contributed by atoms with Gasteiger partial charge in [0, 0.05) is 0 Å². The Morgan fingerprint density at radius 3 is 2.67 bits per heavy atom. The van der Waals surface area contributed by atoms with Crippen LogP contribution in [0.25, 0.3) is 10.9 Å². The van der Waals surface area contributed by atoms with Gasteiger partial charge in [-0.25, -0.2) is 4.68 Å². The van der Waals surface area contributed by atoms with Crippen molar-refractivity contribution in [2.45, 2.75) is 12.7 Å². The first-order valence-corrected chi connectivity index (χ1v) is 7.03. The molecule has 0 spiro atoms. The van der Waals surface area contributed by atoms with Crippen LogP contribution < -0.4 is 10.3 Å². The normalized spacial score (nSPS) is 11.6. The summed E-state index contributed by atoms with van der Waals surface area (Å²) in [5.41, 5.74) is 0.754. The molecule has 0 bridgehead atoms. The van der Waals surface area contributed by atoms with Crippen molar-refractivity contribution in [3.05, 3.63) is 64.4 Å². The maximum atomic E-state index is 12.4. The van der Waals surface area contributed by atoms with E-state index in [4.69, 9.17) is 4.74 Å². The number of fused-ring (bicyclic) bond motifs is 1. The summed E-state index contributed by atoms with van der Waals surface area (Å²) in [5, 5.41) is 8.24. The van der Waals surface area contributed by atoms with Gasteiger partial charge in [0.05, 0.1) is 11.9 Å². The molecule has 0 saturated heterocycles. The van der Waals surface area contributed by atoms with Crippen LogP contribution in [0.3, 0.4) is 0 Å². The number of hydrogen-bond acceptors (Lipinski definition) is 4. The Morgan fingerprint density at radius 2 is 1.88 bits per heavy atom. The molecule has 3 rings (SSSR count). The number of hydrogen-bond donors (Lipinski definition) is 0. The number of halogens is 3. The lowest BCUT2D eigenvalue weighted by molar-refractivity contribution is -0.153. The minimum atomic E-state index is -4.41. The van der Waals surface area contributed by atoms with E-state index in [-0.39, 0.29) is 17.9 Å². The van der Waals surface area contributed by atoms with Crippen LogP contribution in [0.1, 0.15) is 5.56 Å². The van der Waals surface area contributed by atoms with Gasteiger partial charge in [-0.05, 0) is 29.8 Å². The Hall–Kier alpha value is -2.90. The summed E-state index contributed by atoms with van der Waals surface area (Å²) in [7, 11) is 0. The molecule has 0 atom stereocenters. The second-order valence-electron chi connectivity index (χ2n) is 5.12. The summed E-state index contributed by atoms with van der Waals surface area (Å²) in [6.45, 7) is -1.29. The molecule has 124 valence electrons. The maximum Gasteiger partial charge on any atom is 0.422 e. The number of benzene rings is 2. The van der Waals surface area contributed by atoms with Crippen LogP contribution in [0.5, 0.6) is 5.75 Å². The molecular weight excluding hydrogens is 323 g/mol. The third kappa shape index (κ3) is 3.70. The molecule has 0 aliphatic carbocycles. The Bertz CT molecular complexity index is 922. The first kappa shape index (κ1) is 16.0. The zero-order valence-electron chi connectivity index (χ0n) is 12.3. The number of alkyl halides is 3. The molecule has 0 saturated carbocycles. The van der Waals surface area contributed by atoms with E-state index in [1.54, 1.807) is 36.4 Å². The van der Waals surface area contributed by atoms with Gasteiger partial charge < -0.3 is 4.74 Å². The molecule has 0 N–H and O–H groups in total. The van der Waals surface area contributed by atoms with Crippen molar-refractivity contribution < 1.29 is 17.9 Å². The molecule has 0 amide bonds. The van der Waals surface area contributed by atoms with Gasteiger partial charge in [-0.1, -0.05) is 29.5 Å². The van der Waals surface area contributed by atoms with Crippen molar-refractivity contribution in [3.8, 4) is 5.75 Å². The Morgan fingerprint density at radius 1 is 1.08 bits per heavy atom. The van der Waals surface area contributed by atoms with E-state index in [0.29, 0.717) is 16.5 Å². The minimum absolute atomic E-state index is 0.0756. The Labute approximate surface area is 134 Å². The molecule has 5 nitrogen and oxygen atoms in total. The smallest absolute Gasteiger partial charge is 0.422 e. The van der Waals surface area contributed by atoms with Gasteiger partial charge in [-0.2, -0.15) is 13.2 Å². The zero-order valence-corrected chi connectivity index (χ0v) is 12.3. The summed E-state index contributed by atoms with van der Waals surface area (Å²) >= 11 is 0. The summed E-state index contributed by atoms with van der Waals surface area (Å²) in [4.78, 5) is 12.4. The molecule has 0 aliphatic heterocycles. The fraction of sp³-hybridized carbons (Fsp3) is 0.188. The fourth-order valence-electron chi connectivity index (χ4n) is 2.20. The standard InChI is InChI=1S/C16H12F3N3O2/c17-16(18,19)10-24-12-5-3-4-11(8-12)9-22-15(23)13-6-1-2-7-14(13)20-21-22/h1-8H,9-10H2. The predicted molar refractivity (Wildman–Crippen MR) is 80.9 cm³/mol. The topological polar surface area (TPSA) is 57.0 Å². The SMILES string of the molecule is O=c1c2ccccc2nnn1Cc1cccc(OCC(F)(F)F)c1. The van der Waals surface area contributed by atoms with Crippen molar-refractivity contribution >= 4 is 10.9 Å². The van der Waals surface area contributed by atoms with Crippen LogP contribution in [-0.2, 0) is 6.54 Å². The number of aromatic nitrogens is 3. The molecular formula is C16H12F3N3O2. The van der Waals surface area contributed by atoms with Crippen LogP contribution in [0.15, 0.2) is 53.3 Å². The molecule has 1 aromatic heterocycles. The fourth-order valence-corrected chi connectivity index (χ4v) is 2.20. The van der Waals surface area contributed by atoms with E-state index in [9.17, 15) is 18.0 Å². The molecule has 3 aromatic rings. The van der Waals surface area contributed by atoms with Crippen LogP contribution in [0.4, 0.5) is 13.2 Å². The van der Waals surface area contributed by atoms with E-state index in [1.165, 1.54) is 12.1 Å². The first-order chi connectivity index (χ1) is 11.4. The highest BCUT2D eigenvalue weighted by Gasteiger charge is 2.28. The van der Waals surface area contributed by atoms with Crippen LogP contribution in [0, 0.1) is 0 Å². The highest BCUT2D eigenvalue weighted by atomic mass is 19.4. The molecule has 0 radical (unpaired) electrons. The number of nitrogens with zero attached hydrogens (tertiary/aromatic N) is 3. The second kappa shape index (κ2) is 6.31. The van der Waals surface area contributed by atoms with Gasteiger partial charge in [0.2, 0.25) is 0 Å². The average molecular weight is 335 g/mol. The Balaban J connectivity index is 1.84. The minimum Gasteiger partial charge on any atom is -0.484 e. The summed E-state index contributed by atoms with van der Waals surface area (Å²) in [6, 6.07) is 12.9. The quantitative estimate of drug-likeness (QED) is 0.736. The van der Waals surface area contributed by atoms with Gasteiger partial charge in [0.15, 0.2) is 6.61 Å². The van der Waals surface area contributed by atoms with Crippen molar-refractivity contribution in [2.75, 3.05) is 6.61 Å². The lowest BCUT2D eigenvalue weighted by atomic mass is 10.2.